The number of carbonyl (C=O) groups excluding carboxylic acids is 2. The number of nitrogens with zero attached hydrogens (tertiary/aromatic N) is 1. The molecule has 0 bridgehead atoms. The summed E-state index contributed by atoms with van der Waals surface area (Å²) in [7, 11) is 0. The summed E-state index contributed by atoms with van der Waals surface area (Å²) in [5, 5.41) is 1.04. The Bertz CT molecular complexity index is 975. The van der Waals surface area contributed by atoms with E-state index in [4.69, 9.17) is 4.74 Å². The molecule has 2 heterocycles. The third-order valence-electron chi connectivity index (χ3n) is 4.33. The van der Waals surface area contributed by atoms with Gasteiger partial charge in [0, 0.05) is 16.5 Å². The van der Waals surface area contributed by atoms with Gasteiger partial charge >= 0.3 is 11.9 Å². The molecular weight excluding hydrogens is 346 g/mol. The maximum Gasteiger partial charge on any atom is 0.346 e. The molecule has 0 unspecified atom stereocenters. The lowest BCUT2D eigenvalue weighted by Gasteiger charge is -2.24. The Hall–Kier alpha value is -2.79. The zero-order valence-electron chi connectivity index (χ0n) is 14.4. The average molecular weight is 363 g/mol. The van der Waals surface area contributed by atoms with Crippen LogP contribution in [0.2, 0.25) is 0 Å². The molecule has 0 atom stereocenters. The number of para-hydroxylation sites is 1. The standard InChI is InChI=1S/C21H17NO3S/c1-13(2)22-17-9-5-6-10-18(17)26-19(22)12-11-16-14-7-3-4-8-15(14)20(23)25-21(16)24/h3-13H,1-2H3/b16-11-,19-12-. The molecule has 0 saturated heterocycles. The van der Waals surface area contributed by atoms with Crippen molar-refractivity contribution in [1.29, 1.82) is 0 Å². The van der Waals surface area contributed by atoms with Crippen LogP contribution in [0.25, 0.3) is 5.57 Å². The highest BCUT2D eigenvalue weighted by Crippen LogP contribution is 2.47. The maximum absolute atomic E-state index is 12.2. The molecule has 130 valence electrons. The lowest BCUT2D eigenvalue weighted by atomic mass is 9.97. The molecule has 0 N–H and O–H groups in total. The highest BCUT2D eigenvalue weighted by molar-refractivity contribution is 8.03. The van der Waals surface area contributed by atoms with E-state index in [0.29, 0.717) is 16.7 Å². The molecule has 2 aromatic carbocycles. The fraction of sp³-hybridized carbons (Fsp3) is 0.143. The van der Waals surface area contributed by atoms with Gasteiger partial charge in [0.05, 0.1) is 21.9 Å². The van der Waals surface area contributed by atoms with Crippen LogP contribution in [0.3, 0.4) is 0 Å². The van der Waals surface area contributed by atoms with Gasteiger partial charge in [-0.3, -0.25) is 0 Å². The van der Waals surface area contributed by atoms with Crippen LogP contribution in [0, 0.1) is 0 Å². The van der Waals surface area contributed by atoms with Gasteiger partial charge in [-0.2, -0.15) is 0 Å². The van der Waals surface area contributed by atoms with Gasteiger partial charge in [0.1, 0.15) is 0 Å². The van der Waals surface area contributed by atoms with Crippen molar-refractivity contribution >= 4 is 35.0 Å². The normalized spacial score (nSPS) is 19.1. The van der Waals surface area contributed by atoms with Crippen molar-refractivity contribution < 1.29 is 14.3 Å². The number of fused-ring (bicyclic) bond motifs is 2. The quantitative estimate of drug-likeness (QED) is 0.442. The molecule has 0 fully saturated rings. The Labute approximate surface area is 156 Å². The predicted octanol–water partition coefficient (Wildman–Crippen LogP) is 4.63. The van der Waals surface area contributed by atoms with Crippen molar-refractivity contribution in [2.24, 2.45) is 0 Å². The number of hydrogen-bond acceptors (Lipinski definition) is 5. The van der Waals surface area contributed by atoms with Crippen LogP contribution in [0.15, 0.2) is 70.6 Å². The lowest BCUT2D eigenvalue weighted by molar-refractivity contribution is -0.131. The van der Waals surface area contributed by atoms with Crippen LogP contribution in [-0.2, 0) is 9.53 Å². The van der Waals surface area contributed by atoms with Crippen LogP contribution >= 0.6 is 11.8 Å². The van der Waals surface area contributed by atoms with Crippen LogP contribution < -0.4 is 4.90 Å². The molecule has 0 radical (unpaired) electrons. The third kappa shape index (κ3) is 2.74. The first-order valence-corrected chi connectivity index (χ1v) is 9.22. The van der Waals surface area contributed by atoms with E-state index >= 15 is 0 Å². The van der Waals surface area contributed by atoms with Crippen LogP contribution in [0.1, 0.15) is 29.8 Å². The summed E-state index contributed by atoms with van der Waals surface area (Å²) in [5.74, 6) is -1.20. The number of ether oxygens (including phenoxy) is 1. The number of thioether (sulfide) groups is 1. The number of benzene rings is 2. The lowest BCUT2D eigenvalue weighted by Crippen LogP contribution is -2.26. The van der Waals surface area contributed by atoms with Crippen LogP contribution in [0.5, 0.6) is 0 Å². The van der Waals surface area contributed by atoms with Gasteiger partial charge in [0.15, 0.2) is 0 Å². The van der Waals surface area contributed by atoms with E-state index in [2.05, 4.69) is 30.9 Å². The van der Waals surface area contributed by atoms with Gasteiger partial charge in [-0.15, -0.1) is 0 Å². The zero-order valence-corrected chi connectivity index (χ0v) is 15.2. The Balaban J connectivity index is 1.77. The van der Waals surface area contributed by atoms with Gasteiger partial charge in [0.2, 0.25) is 0 Å². The molecule has 0 amide bonds. The molecule has 2 aliphatic heterocycles. The molecule has 0 saturated carbocycles. The molecule has 0 aliphatic carbocycles. The minimum atomic E-state index is -0.609. The van der Waals surface area contributed by atoms with E-state index in [9.17, 15) is 9.59 Å². The Morgan fingerprint density at radius 1 is 0.923 bits per heavy atom. The molecule has 5 heteroatoms. The highest BCUT2D eigenvalue weighted by Gasteiger charge is 2.30. The largest absolute Gasteiger partial charge is 0.386 e. The van der Waals surface area contributed by atoms with Crippen LogP contribution in [0.4, 0.5) is 5.69 Å². The zero-order chi connectivity index (χ0) is 18.3. The molecular formula is C21H17NO3S. The molecule has 2 aromatic rings. The third-order valence-corrected chi connectivity index (χ3v) is 5.44. The Morgan fingerprint density at radius 2 is 1.62 bits per heavy atom. The minimum Gasteiger partial charge on any atom is -0.386 e. The number of hydrogen-bond donors (Lipinski definition) is 0. The summed E-state index contributed by atoms with van der Waals surface area (Å²) in [4.78, 5) is 27.6. The van der Waals surface area contributed by atoms with Crippen LogP contribution in [-0.4, -0.2) is 18.0 Å². The van der Waals surface area contributed by atoms with Gasteiger partial charge in [-0.05, 0) is 44.2 Å². The summed E-state index contributed by atoms with van der Waals surface area (Å²) >= 11 is 1.67. The number of anilines is 1. The number of carbonyl (C=O) groups is 2. The fourth-order valence-corrected chi connectivity index (χ4v) is 4.37. The molecule has 4 rings (SSSR count). The SMILES string of the molecule is CC(C)N1/C(=C/C=C2\C(=O)OC(=O)c3ccccc32)Sc2ccccc21. The molecule has 26 heavy (non-hydrogen) atoms. The number of allylic oxidation sites excluding steroid dienone is 2. The smallest absolute Gasteiger partial charge is 0.346 e. The van der Waals surface area contributed by atoms with Gasteiger partial charge in [0.25, 0.3) is 0 Å². The summed E-state index contributed by atoms with van der Waals surface area (Å²) in [6.45, 7) is 4.26. The summed E-state index contributed by atoms with van der Waals surface area (Å²) in [6, 6.07) is 15.5. The van der Waals surface area contributed by atoms with Gasteiger partial charge in [-0.1, -0.05) is 42.1 Å². The van der Waals surface area contributed by atoms with E-state index in [1.807, 2.05) is 24.3 Å². The molecule has 4 nitrogen and oxygen atoms in total. The van der Waals surface area contributed by atoms with Crippen molar-refractivity contribution in [2.45, 2.75) is 24.8 Å². The van der Waals surface area contributed by atoms with Gasteiger partial charge in [-0.25, -0.2) is 9.59 Å². The number of cyclic esters (lactones) is 2. The second-order valence-corrected chi connectivity index (χ2v) is 7.40. The molecule has 0 spiro atoms. The second kappa shape index (κ2) is 6.50. The van der Waals surface area contributed by atoms with Crippen molar-refractivity contribution in [1.82, 2.24) is 0 Å². The Kier molecular flexibility index (Phi) is 4.17. The van der Waals surface area contributed by atoms with E-state index in [0.717, 1.165) is 5.03 Å². The summed E-state index contributed by atoms with van der Waals surface area (Å²) in [5.41, 5.74) is 2.59. The first kappa shape index (κ1) is 16.7. The van der Waals surface area contributed by atoms with Crippen molar-refractivity contribution in [3.05, 3.63) is 76.8 Å². The maximum atomic E-state index is 12.2. The predicted molar refractivity (Wildman–Crippen MR) is 103 cm³/mol. The van der Waals surface area contributed by atoms with E-state index in [1.165, 1.54) is 10.6 Å². The first-order chi connectivity index (χ1) is 12.6. The topological polar surface area (TPSA) is 46.6 Å². The minimum absolute atomic E-state index is 0.281. The van der Waals surface area contributed by atoms with E-state index < -0.39 is 11.9 Å². The molecule has 2 aliphatic rings. The van der Waals surface area contributed by atoms with Gasteiger partial charge < -0.3 is 9.64 Å². The number of rotatable bonds is 2. The number of esters is 2. The van der Waals surface area contributed by atoms with Crippen molar-refractivity contribution in [2.75, 3.05) is 4.90 Å². The summed E-state index contributed by atoms with van der Waals surface area (Å²) < 4.78 is 4.88. The average Bonchev–Trinajstić information content (AvgIpc) is 3.00. The fourth-order valence-electron chi connectivity index (χ4n) is 3.18. The first-order valence-electron chi connectivity index (χ1n) is 8.40. The Morgan fingerprint density at radius 3 is 2.38 bits per heavy atom. The van der Waals surface area contributed by atoms with Crippen molar-refractivity contribution in [3.8, 4) is 0 Å². The summed E-state index contributed by atoms with van der Waals surface area (Å²) in [6.07, 6.45) is 3.67. The van der Waals surface area contributed by atoms with Crippen molar-refractivity contribution in [3.63, 3.8) is 0 Å². The van der Waals surface area contributed by atoms with E-state index in [1.54, 1.807) is 36.0 Å². The van der Waals surface area contributed by atoms with E-state index in [-0.39, 0.29) is 6.04 Å². The highest BCUT2D eigenvalue weighted by atomic mass is 32.2. The second-order valence-electron chi connectivity index (χ2n) is 6.34. The monoisotopic (exact) mass is 363 g/mol. The molecule has 0 aromatic heterocycles.